The molecule has 0 atom stereocenters. The van der Waals surface area contributed by atoms with Gasteiger partial charge in [-0.3, -0.25) is 10.1 Å². The quantitative estimate of drug-likeness (QED) is 0.689. The van der Waals surface area contributed by atoms with Crippen molar-refractivity contribution in [3.05, 3.63) is 62.7 Å². The highest BCUT2D eigenvalue weighted by Gasteiger charge is 2.19. The van der Waals surface area contributed by atoms with E-state index in [9.17, 15) is 10.1 Å². The van der Waals surface area contributed by atoms with E-state index in [1.807, 2.05) is 30.3 Å². The molecule has 6 nitrogen and oxygen atoms in total. The molecule has 0 aromatic heterocycles. The summed E-state index contributed by atoms with van der Waals surface area (Å²) in [5, 5.41) is 32.3. The third-order valence-electron chi connectivity index (χ3n) is 3.95. The Bertz CT molecular complexity index is 891. The molecule has 2 aromatic carbocycles. The summed E-state index contributed by atoms with van der Waals surface area (Å²) in [6.07, 6.45) is 3.18. The van der Waals surface area contributed by atoms with Crippen molar-refractivity contribution in [1.29, 1.82) is 10.5 Å². The molecule has 1 N–H and O–H groups in total. The van der Waals surface area contributed by atoms with Crippen molar-refractivity contribution in [2.75, 3.05) is 5.32 Å². The summed E-state index contributed by atoms with van der Waals surface area (Å²) in [6, 6.07) is 12.1. The molecule has 3 rings (SSSR count). The standard InChI is InChI=1S/C17H12N4O2/c18-9-13-7-16(17(21(22)23)8-14(13)10-19)20-15-5-4-11-2-1-3-12(11)6-15/h4-8,20H,1-3H2. The van der Waals surface area contributed by atoms with Crippen LogP contribution in [0.1, 0.15) is 28.7 Å². The summed E-state index contributed by atoms with van der Waals surface area (Å²) in [5.41, 5.74) is 3.39. The Morgan fingerprint density at radius 1 is 1.04 bits per heavy atom. The summed E-state index contributed by atoms with van der Waals surface area (Å²) < 4.78 is 0. The lowest BCUT2D eigenvalue weighted by molar-refractivity contribution is -0.383. The maximum Gasteiger partial charge on any atom is 0.294 e. The number of benzene rings is 2. The number of nitro groups is 1. The molecule has 0 bridgehead atoms. The van der Waals surface area contributed by atoms with E-state index < -0.39 is 4.92 Å². The molecule has 1 aliphatic carbocycles. The Kier molecular flexibility index (Phi) is 3.66. The van der Waals surface area contributed by atoms with Crippen LogP contribution in [0.4, 0.5) is 17.1 Å². The second-order valence-corrected chi connectivity index (χ2v) is 5.36. The van der Waals surface area contributed by atoms with Gasteiger partial charge >= 0.3 is 0 Å². The number of nitrogens with zero attached hydrogens (tertiary/aromatic N) is 3. The van der Waals surface area contributed by atoms with Crippen molar-refractivity contribution in [1.82, 2.24) is 0 Å². The average molecular weight is 304 g/mol. The summed E-state index contributed by atoms with van der Waals surface area (Å²) in [5.74, 6) is 0. The first-order valence-electron chi connectivity index (χ1n) is 7.14. The van der Waals surface area contributed by atoms with E-state index in [0.717, 1.165) is 31.0 Å². The molecule has 0 unspecified atom stereocenters. The molecule has 6 heteroatoms. The lowest BCUT2D eigenvalue weighted by Gasteiger charge is -2.10. The number of hydrogen-bond donors (Lipinski definition) is 1. The maximum absolute atomic E-state index is 11.2. The first-order valence-corrected chi connectivity index (χ1v) is 7.14. The molecule has 23 heavy (non-hydrogen) atoms. The zero-order valence-corrected chi connectivity index (χ0v) is 12.2. The zero-order chi connectivity index (χ0) is 16.4. The van der Waals surface area contributed by atoms with Crippen LogP contribution < -0.4 is 5.32 Å². The number of nitro benzene ring substituents is 1. The molecule has 0 spiro atoms. The van der Waals surface area contributed by atoms with Crippen molar-refractivity contribution in [3.63, 3.8) is 0 Å². The normalized spacial score (nSPS) is 12.1. The van der Waals surface area contributed by atoms with Gasteiger partial charge in [-0.25, -0.2) is 0 Å². The van der Waals surface area contributed by atoms with Gasteiger partial charge in [-0.1, -0.05) is 6.07 Å². The van der Waals surface area contributed by atoms with Crippen molar-refractivity contribution >= 4 is 17.1 Å². The summed E-state index contributed by atoms with van der Waals surface area (Å²) in [7, 11) is 0. The van der Waals surface area contributed by atoms with E-state index in [-0.39, 0.29) is 22.5 Å². The number of hydrogen-bond acceptors (Lipinski definition) is 5. The molecule has 0 fully saturated rings. The summed E-state index contributed by atoms with van der Waals surface area (Å²) >= 11 is 0. The SMILES string of the molecule is N#Cc1cc(Nc2ccc3c(c2)CCC3)c([N+](=O)[O-])cc1C#N. The zero-order valence-electron chi connectivity index (χ0n) is 12.2. The van der Waals surface area contributed by atoms with Gasteiger partial charge in [0.25, 0.3) is 5.69 Å². The largest absolute Gasteiger partial charge is 0.350 e. The van der Waals surface area contributed by atoms with Gasteiger partial charge in [-0.05, 0) is 48.6 Å². The van der Waals surface area contributed by atoms with Crippen molar-refractivity contribution in [2.24, 2.45) is 0 Å². The van der Waals surface area contributed by atoms with Crippen LogP contribution in [0, 0.1) is 32.8 Å². The van der Waals surface area contributed by atoms with E-state index in [2.05, 4.69) is 5.32 Å². The van der Waals surface area contributed by atoms with Gasteiger partial charge in [-0.2, -0.15) is 10.5 Å². The van der Waals surface area contributed by atoms with E-state index in [1.165, 1.54) is 17.2 Å². The maximum atomic E-state index is 11.2. The van der Waals surface area contributed by atoms with Crippen LogP contribution >= 0.6 is 0 Å². The first-order chi connectivity index (χ1) is 11.1. The van der Waals surface area contributed by atoms with E-state index >= 15 is 0 Å². The van der Waals surface area contributed by atoms with E-state index in [4.69, 9.17) is 10.5 Å². The van der Waals surface area contributed by atoms with Gasteiger partial charge in [0, 0.05) is 11.8 Å². The van der Waals surface area contributed by atoms with Crippen LogP contribution in [-0.2, 0) is 12.8 Å². The topological polar surface area (TPSA) is 103 Å². The number of aryl methyl sites for hydroxylation is 2. The summed E-state index contributed by atoms with van der Waals surface area (Å²) in [4.78, 5) is 10.7. The minimum Gasteiger partial charge on any atom is -0.350 e. The van der Waals surface area contributed by atoms with Gasteiger partial charge in [0.1, 0.15) is 17.8 Å². The van der Waals surface area contributed by atoms with Gasteiger partial charge in [0.05, 0.1) is 16.1 Å². The molecule has 0 aliphatic heterocycles. The van der Waals surface area contributed by atoms with E-state index in [0.29, 0.717) is 0 Å². The lowest BCUT2D eigenvalue weighted by Crippen LogP contribution is -2.00. The van der Waals surface area contributed by atoms with Crippen molar-refractivity contribution in [3.8, 4) is 12.1 Å². The van der Waals surface area contributed by atoms with Crippen LogP contribution in [-0.4, -0.2) is 4.92 Å². The molecular weight excluding hydrogens is 292 g/mol. The van der Waals surface area contributed by atoms with Crippen LogP contribution in [0.25, 0.3) is 0 Å². The van der Waals surface area contributed by atoms with Gasteiger partial charge < -0.3 is 5.32 Å². The van der Waals surface area contributed by atoms with Crippen molar-refractivity contribution in [2.45, 2.75) is 19.3 Å². The molecule has 2 aromatic rings. The number of nitriles is 2. The molecule has 0 amide bonds. The Balaban J connectivity index is 2.04. The number of anilines is 2. The van der Waals surface area contributed by atoms with E-state index in [1.54, 1.807) is 0 Å². The van der Waals surface area contributed by atoms with Gasteiger partial charge in [-0.15, -0.1) is 0 Å². The Hall–Kier alpha value is -3.38. The Morgan fingerprint density at radius 3 is 2.43 bits per heavy atom. The molecule has 0 saturated carbocycles. The van der Waals surface area contributed by atoms with Gasteiger partial charge in [0.15, 0.2) is 0 Å². The molecule has 0 heterocycles. The molecule has 0 saturated heterocycles. The molecule has 0 radical (unpaired) electrons. The smallest absolute Gasteiger partial charge is 0.294 e. The van der Waals surface area contributed by atoms with Crippen LogP contribution in [0.2, 0.25) is 0 Å². The highest BCUT2D eigenvalue weighted by Crippen LogP contribution is 2.32. The van der Waals surface area contributed by atoms with Gasteiger partial charge in [0.2, 0.25) is 0 Å². The molecule has 112 valence electrons. The fraction of sp³-hybridized carbons (Fsp3) is 0.176. The van der Waals surface area contributed by atoms with Crippen LogP contribution in [0.15, 0.2) is 30.3 Å². The second kappa shape index (κ2) is 5.78. The predicted octanol–water partition coefficient (Wildman–Crippen LogP) is 3.57. The highest BCUT2D eigenvalue weighted by molar-refractivity contribution is 5.74. The Labute approximate surface area is 132 Å². The number of nitrogens with one attached hydrogen (secondary N) is 1. The monoisotopic (exact) mass is 304 g/mol. The third kappa shape index (κ3) is 2.70. The first kappa shape index (κ1) is 14.6. The minimum absolute atomic E-state index is 0.00120. The number of rotatable bonds is 3. The van der Waals surface area contributed by atoms with Crippen LogP contribution in [0.3, 0.4) is 0 Å². The average Bonchev–Trinajstić information content (AvgIpc) is 3.01. The molecule has 1 aliphatic rings. The van der Waals surface area contributed by atoms with Crippen molar-refractivity contribution < 1.29 is 4.92 Å². The lowest BCUT2D eigenvalue weighted by atomic mass is 10.1. The van der Waals surface area contributed by atoms with Crippen LogP contribution in [0.5, 0.6) is 0 Å². The number of fused-ring (bicyclic) bond motifs is 1. The fourth-order valence-electron chi connectivity index (χ4n) is 2.83. The second-order valence-electron chi connectivity index (χ2n) is 5.36. The third-order valence-corrected chi connectivity index (χ3v) is 3.95. The summed E-state index contributed by atoms with van der Waals surface area (Å²) in [6.45, 7) is 0. The Morgan fingerprint density at radius 2 is 1.74 bits per heavy atom. The predicted molar refractivity (Wildman–Crippen MR) is 84.3 cm³/mol. The fourth-order valence-corrected chi connectivity index (χ4v) is 2.83. The highest BCUT2D eigenvalue weighted by atomic mass is 16.6. The minimum atomic E-state index is -0.558. The molecular formula is C17H12N4O2.